The van der Waals surface area contributed by atoms with Crippen LogP contribution in [0.25, 0.3) is 0 Å². The Hall–Kier alpha value is -2.62. The number of hydrogen-bond acceptors (Lipinski definition) is 4. The van der Waals surface area contributed by atoms with E-state index in [0.29, 0.717) is 5.75 Å². The zero-order valence-corrected chi connectivity index (χ0v) is 11.5. The van der Waals surface area contributed by atoms with Crippen LogP contribution in [-0.4, -0.2) is 12.2 Å². The van der Waals surface area contributed by atoms with Crippen LogP contribution in [0.1, 0.15) is 18.4 Å². The Kier molecular flexibility index (Phi) is 3.96. The summed E-state index contributed by atoms with van der Waals surface area (Å²) in [7, 11) is 0. The van der Waals surface area contributed by atoms with Crippen LogP contribution >= 0.6 is 0 Å². The molecule has 2 aromatic carbocycles. The molecule has 0 bridgehead atoms. The fourth-order valence-corrected chi connectivity index (χ4v) is 1.87. The number of carbonyl (C=O) groups excluding carboxylic acids is 1. The Morgan fingerprint density at radius 3 is 2.71 bits per heavy atom. The number of carbonyl (C=O) groups is 1. The maximum atomic E-state index is 11.6. The van der Waals surface area contributed by atoms with Crippen molar-refractivity contribution in [3.63, 3.8) is 0 Å². The summed E-state index contributed by atoms with van der Waals surface area (Å²) in [6.45, 7) is 0. The topological polar surface area (TPSA) is 50.7 Å². The molecule has 4 heteroatoms. The molecule has 1 aliphatic rings. The highest BCUT2D eigenvalue weighted by Crippen LogP contribution is 2.30. The molecule has 1 aliphatic carbocycles. The number of esters is 1. The molecule has 1 saturated carbocycles. The van der Waals surface area contributed by atoms with E-state index < -0.39 is 0 Å². The van der Waals surface area contributed by atoms with Crippen molar-refractivity contribution in [2.24, 2.45) is 11.0 Å². The predicted molar refractivity (Wildman–Crippen MR) is 82.5 cm³/mol. The number of rotatable bonds is 5. The van der Waals surface area contributed by atoms with E-state index in [1.54, 1.807) is 18.3 Å². The van der Waals surface area contributed by atoms with Gasteiger partial charge in [0.15, 0.2) is 0 Å². The van der Waals surface area contributed by atoms with Gasteiger partial charge in [-0.2, -0.15) is 5.10 Å². The number of benzene rings is 2. The lowest BCUT2D eigenvalue weighted by Crippen LogP contribution is -2.09. The van der Waals surface area contributed by atoms with Gasteiger partial charge in [0.25, 0.3) is 0 Å². The molecule has 106 valence electrons. The third-order valence-corrected chi connectivity index (χ3v) is 3.17. The van der Waals surface area contributed by atoms with Gasteiger partial charge in [-0.05, 0) is 42.7 Å². The Balaban J connectivity index is 1.61. The Morgan fingerprint density at radius 1 is 1.14 bits per heavy atom. The highest BCUT2D eigenvalue weighted by atomic mass is 16.5. The number of para-hydroxylation sites is 1. The van der Waals surface area contributed by atoms with Crippen molar-refractivity contribution in [1.29, 1.82) is 0 Å². The summed E-state index contributed by atoms with van der Waals surface area (Å²) >= 11 is 0. The van der Waals surface area contributed by atoms with Crippen LogP contribution in [0.5, 0.6) is 5.75 Å². The minimum atomic E-state index is -0.133. The molecule has 0 aromatic heterocycles. The fourth-order valence-electron chi connectivity index (χ4n) is 1.87. The number of anilines is 1. The van der Waals surface area contributed by atoms with Crippen molar-refractivity contribution in [3.05, 3.63) is 60.2 Å². The summed E-state index contributed by atoms with van der Waals surface area (Å²) < 4.78 is 5.32. The summed E-state index contributed by atoms with van der Waals surface area (Å²) in [6.07, 6.45) is 3.59. The molecule has 1 fully saturated rings. The zero-order valence-electron chi connectivity index (χ0n) is 11.5. The minimum Gasteiger partial charge on any atom is -0.426 e. The van der Waals surface area contributed by atoms with Gasteiger partial charge in [0.2, 0.25) is 0 Å². The molecule has 0 spiro atoms. The first-order valence-corrected chi connectivity index (χ1v) is 6.97. The normalized spacial score (nSPS) is 14.1. The van der Waals surface area contributed by atoms with Crippen LogP contribution in [0, 0.1) is 5.92 Å². The summed E-state index contributed by atoms with van der Waals surface area (Å²) in [6, 6.07) is 17.0. The first kappa shape index (κ1) is 13.4. The predicted octanol–water partition coefficient (Wildman–Crippen LogP) is 3.45. The number of hydrogen-bond donors (Lipinski definition) is 1. The van der Waals surface area contributed by atoms with E-state index in [9.17, 15) is 4.79 Å². The van der Waals surface area contributed by atoms with Crippen molar-refractivity contribution < 1.29 is 9.53 Å². The molecule has 3 rings (SSSR count). The third kappa shape index (κ3) is 3.92. The Morgan fingerprint density at radius 2 is 1.95 bits per heavy atom. The smallest absolute Gasteiger partial charge is 0.314 e. The molecular formula is C17H16N2O2. The van der Waals surface area contributed by atoms with E-state index >= 15 is 0 Å². The molecule has 0 amide bonds. The van der Waals surface area contributed by atoms with Gasteiger partial charge in [0.1, 0.15) is 5.75 Å². The van der Waals surface area contributed by atoms with E-state index in [-0.39, 0.29) is 11.9 Å². The first-order chi connectivity index (χ1) is 10.3. The molecule has 0 saturated heterocycles. The highest BCUT2D eigenvalue weighted by molar-refractivity contribution is 5.82. The maximum Gasteiger partial charge on any atom is 0.314 e. The van der Waals surface area contributed by atoms with Gasteiger partial charge < -0.3 is 4.74 Å². The van der Waals surface area contributed by atoms with E-state index in [1.165, 1.54) is 0 Å². The average Bonchev–Trinajstić information content (AvgIpc) is 3.33. The molecular weight excluding hydrogens is 264 g/mol. The molecule has 1 N–H and O–H groups in total. The number of nitrogens with zero attached hydrogens (tertiary/aromatic N) is 1. The Bertz CT molecular complexity index is 649. The van der Waals surface area contributed by atoms with Crippen molar-refractivity contribution >= 4 is 17.9 Å². The molecule has 0 heterocycles. The maximum absolute atomic E-state index is 11.6. The zero-order chi connectivity index (χ0) is 14.5. The van der Waals surface area contributed by atoms with Gasteiger partial charge in [0.05, 0.1) is 17.8 Å². The fraction of sp³-hybridized carbons (Fsp3) is 0.176. The standard InChI is InChI=1S/C17H16N2O2/c20-17(14-9-10-14)21-16-8-4-5-13(11-16)12-18-19-15-6-2-1-3-7-15/h1-8,11-12,14,19H,9-10H2. The molecule has 0 radical (unpaired) electrons. The largest absolute Gasteiger partial charge is 0.426 e. The molecule has 4 nitrogen and oxygen atoms in total. The van der Waals surface area contributed by atoms with Gasteiger partial charge in [-0.15, -0.1) is 0 Å². The summed E-state index contributed by atoms with van der Waals surface area (Å²) in [4.78, 5) is 11.6. The van der Waals surface area contributed by atoms with Gasteiger partial charge in [-0.1, -0.05) is 30.3 Å². The third-order valence-electron chi connectivity index (χ3n) is 3.17. The first-order valence-electron chi connectivity index (χ1n) is 6.97. The van der Waals surface area contributed by atoms with Gasteiger partial charge >= 0.3 is 5.97 Å². The lowest BCUT2D eigenvalue weighted by molar-refractivity contribution is -0.135. The lowest BCUT2D eigenvalue weighted by Gasteiger charge is -2.04. The second-order valence-electron chi connectivity index (χ2n) is 5.00. The van der Waals surface area contributed by atoms with Crippen molar-refractivity contribution in [1.82, 2.24) is 0 Å². The van der Waals surface area contributed by atoms with Crippen LogP contribution in [0.15, 0.2) is 59.7 Å². The second-order valence-corrected chi connectivity index (χ2v) is 5.00. The van der Waals surface area contributed by atoms with Gasteiger partial charge in [0, 0.05) is 0 Å². The van der Waals surface area contributed by atoms with E-state index in [4.69, 9.17) is 4.74 Å². The lowest BCUT2D eigenvalue weighted by atomic mass is 10.2. The van der Waals surface area contributed by atoms with Crippen LogP contribution < -0.4 is 10.2 Å². The number of ether oxygens (including phenoxy) is 1. The molecule has 0 aliphatic heterocycles. The van der Waals surface area contributed by atoms with Crippen molar-refractivity contribution in [2.45, 2.75) is 12.8 Å². The SMILES string of the molecule is O=C(Oc1cccc(C=NNc2ccccc2)c1)C1CC1. The minimum absolute atomic E-state index is 0.0991. The summed E-state index contributed by atoms with van der Waals surface area (Å²) in [5.41, 5.74) is 4.74. The van der Waals surface area contributed by atoms with Crippen molar-refractivity contribution in [3.8, 4) is 5.75 Å². The average molecular weight is 280 g/mol. The monoisotopic (exact) mass is 280 g/mol. The summed E-state index contributed by atoms with van der Waals surface area (Å²) in [5, 5.41) is 4.16. The Labute approximate surface area is 123 Å². The van der Waals surface area contributed by atoms with Crippen LogP contribution in [0.3, 0.4) is 0 Å². The van der Waals surface area contributed by atoms with Gasteiger partial charge in [-0.25, -0.2) is 0 Å². The van der Waals surface area contributed by atoms with Crippen LogP contribution in [0.2, 0.25) is 0 Å². The highest BCUT2D eigenvalue weighted by Gasteiger charge is 2.31. The van der Waals surface area contributed by atoms with E-state index in [2.05, 4.69) is 10.5 Å². The quantitative estimate of drug-likeness (QED) is 0.395. The number of nitrogens with one attached hydrogen (secondary N) is 1. The molecule has 2 aromatic rings. The van der Waals surface area contributed by atoms with Crippen molar-refractivity contribution in [2.75, 3.05) is 5.43 Å². The number of hydrazone groups is 1. The molecule has 0 unspecified atom stereocenters. The van der Waals surface area contributed by atoms with Gasteiger partial charge in [-0.3, -0.25) is 10.2 Å². The van der Waals surface area contributed by atoms with E-state index in [0.717, 1.165) is 24.1 Å². The molecule has 0 atom stereocenters. The van der Waals surface area contributed by atoms with Crippen LogP contribution in [-0.2, 0) is 4.79 Å². The summed E-state index contributed by atoms with van der Waals surface area (Å²) in [5.74, 6) is 0.532. The second kappa shape index (κ2) is 6.22. The molecule has 21 heavy (non-hydrogen) atoms. The van der Waals surface area contributed by atoms with Crippen LogP contribution in [0.4, 0.5) is 5.69 Å². The van der Waals surface area contributed by atoms with E-state index in [1.807, 2.05) is 42.5 Å².